The van der Waals surface area contributed by atoms with Gasteiger partial charge in [-0.05, 0) is 46.6 Å². The predicted octanol–water partition coefficient (Wildman–Crippen LogP) is 4.90. The zero-order valence-electron chi connectivity index (χ0n) is 25.2. The number of halogens is 3. The predicted molar refractivity (Wildman–Crippen MR) is 158 cm³/mol. The van der Waals surface area contributed by atoms with Crippen LogP contribution in [-0.4, -0.2) is 80.6 Å². The molecule has 45 heavy (non-hydrogen) atoms. The maximum Gasteiger partial charge on any atom is 0.410 e. The van der Waals surface area contributed by atoms with Crippen molar-refractivity contribution in [3.8, 4) is 17.0 Å². The smallest absolute Gasteiger partial charge is 0.410 e. The monoisotopic (exact) mass is 667 g/mol. The number of hydrogen-bond donors (Lipinski definition) is 0. The van der Waals surface area contributed by atoms with Crippen LogP contribution in [0.2, 0.25) is 5.02 Å². The largest absolute Gasteiger partial charge is 0.488 e. The Morgan fingerprint density at radius 2 is 1.89 bits per heavy atom. The number of carbonyl (C=O) groups excluding carboxylic acids is 1. The summed E-state index contributed by atoms with van der Waals surface area (Å²) < 4.78 is 71.8. The van der Waals surface area contributed by atoms with Crippen molar-refractivity contribution in [3.05, 3.63) is 58.8 Å². The summed E-state index contributed by atoms with van der Waals surface area (Å²) in [4.78, 5) is 17.9. The fraction of sp³-hybridized carbons (Fsp3) is 0.464. The van der Waals surface area contributed by atoms with Gasteiger partial charge in [0.15, 0.2) is 11.9 Å². The SMILES string of the molecule is Cc1c(-c2cc(OCC(OS(C)(=O)=O)c3ncc(F)cc3F)c3c(Cl)cnn3c2)nnn1C1CCN(C(=O)OC(C)(C)C)CC1. The molecule has 17 heteroatoms. The first-order valence-electron chi connectivity index (χ1n) is 14.0. The van der Waals surface area contributed by atoms with Crippen molar-refractivity contribution in [1.82, 2.24) is 34.5 Å². The van der Waals surface area contributed by atoms with Gasteiger partial charge < -0.3 is 14.4 Å². The van der Waals surface area contributed by atoms with Gasteiger partial charge in [0, 0.05) is 30.9 Å². The molecule has 0 N–H and O–H groups in total. The van der Waals surface area contributed by atoms with Gasteiger partial charge >= 0.3 is 6.09 Å². The first-order valence-corrected chi connectivity index (χ1v) is 16.2. The third kappa shape index (κ3) is 7.50. The quantitative estimate of drug-likeness (QED) is 0.238. The van der Waals surface area contributed by atoms with Crippen LogP contribution in [0, 0.1) is 18.6 Å². The zero-order valence-corrected chi connectivity index (χ0v) is 26.8. The minimum Gasteiger partial charge on any atom is -0.488 e. The summed E-state index contributed by atoms with van der Waals surface area (Å²) in [6, 6.07) is 2.19. The Bertz CT molecular complexity index is 1830. The topological polar surface area (TPSA) is 143 Å². The highest BCUT2D eigenvalue weighted by atomic mass is 35.5. The van der Waals surface area contributed by atoms with Gasteiger partial charge in [0.25, 0.3) is 10.1 Å². The molecule has 1 saturated heterocycles. The Hall–Kier alpha value is -3.89. The highest BCUT2D eigenvalue weighted by Gasteiger charge is 2.30. The van der Waals surface area contributed by atoms with Crippen molar-refractivity contribution < 1.29 is 35.6 Å². The normalized spacial score (nSPS) is 15.4. The van der Waals surface area contributed by atoms with Crippen LogP contribution in [0.3, 0.4) is 0 Å². The number of fused-ring (bicyclic) bond motifs is 1. The molecule has 1 aliphatic rings. The number of carbonyl (C=O) groups is 1. The number of hydrogen-bond acceptors (Lipinski definition) is 10. The molecule has 242 valence electrons. The molecule has 0 aromatic carbocycles. The number of amides is 1. The molecule has 1 aliphatic heterocycles. The van der Waals surface area contributed by atoms with Crippen LogP contribution in [0.4, 0.5) is 13.6 Å². The minimum atomic E-state index is -4.10. The highest BCUT2D eigenvalue weighted by Crippen LogP contribution is 2.35. The Labute approximate surface area is 263 Å². The van der Waals surface area contributed by atoms with E-state index in [1.807, 2.05) is 32.4 Å². The van der Waals surface area contributed by atoms with E-state index >= 15 is 0 Å². The van der Waals surface area contributed by atoms with Crippen LogP contribution < -0.4 is 4.74 Å². The standard InChI is InChI=1S/C28H32ClF2N7O6S/c1-16-24(34-35-38(16)19-6-8-36(9-7-19)27(39)43-28(2,3)4)17-10-22(26-20(29)13-33-37(26)14-17)42-15-23(44-45(5,40)41)25-21(31)11-18(30)12-32-25/h10-14,19,23H,6-9,15H2,1-5H3. The van der Waals surface area contributed by atoms with Crippen LogP contribution >= 0.6 is 11.6 Å². The number of likely N-dealkylation sites (tertiary alicyclic amines) is 1. The third-order valence-corrected chi connectivity index (χ3v) is 7.88. The Kier molecular flexibility index (Phi) is 9.01. The second-order valence-corrected chi connectivity index (χ2v) is 13.7. The molecule has 4 aromatic heterocycles. The van der Waals surface area contributed by atoms with Crippen LogP contribution in [0.15, 0.2) is 30.7 Å². The molecule has 1 unspecified atom stereocenters. The fourth-order valence-corrected chi connectivity index (χ4v) is 5.84. The van der Waals surface area contributed by atoms with Crippen molar-refractivity contribution in [2.24, 2.45) is 0 Å². The molecule has 0 bridgehead atoms. The van der Waals surface area contributed by atoms with E-state index in [2.05, 4.69) is 20.4 Å². The molecule has 0 radical (unpaired) electrons. The van der Waals surface area contributed by atoms with Gasteiger partial charge in [0.1, 0.15) is 40.7 Å². The molecule has 13 nitrogen and oxygen atoms in total. The van der Waals surface area contributed by atoms with Crippen LogP contribution in [0.5, 0.6) is 5.75 Å². The van der Waals surface area contributed by atoms with E-state index in [4.69, 9.17) is 25.3 Å². The van der Waals surface area contributed by atoms with Gasteiger partial charge in [0.05, 0.1) is 35.4 Å². The second kappa shape index (κ2) is 12.5. The van der Waals surface area contributed by atoms with E-state index in [1.54, 1.807) is 17.2 Å². The van der Waals surface area contributed by atoms with Gasteiger partial charge in [-0.1, -0.05) is 16.8 Å². The minimum absolute atomic E-state index is 0.00413. The average Bonchev–Trinajstić information content (AvgIpc) is 3.51. The van der Waals surface area contributed by atoms with E-state index in [-0.39, 0.29) is 22.9 Å². The van der Waals surface area contributed by atoms with E-state index in [1.165, 1.54) is 10.7 Å². The van der Waals surface area contributed by atoms with Crippen molar-refractivity contribution in [2.75, 3.05) is 26.0 Å². The average molecular weight is 668 g/mol. The number of aromatic nitrogens is 6. The van der Waals surface area contributed by atoms with E-state index in [9.17, 15) is 22.0 Å². The Morgan fingerprint density at radius 3 is 2.53 bits per heavy atom. The summed E-state index contributed by atoms with van der Waals surface area (Å²) in [6.07, 6.45) is 4.05. The summed E-state index contributed by atoms with van der Waals surface area (Å²) in [7, 11) is -4.10. The molecule has 4 aromatic rings. The molecule has 5 heterocycles. The summed E-state index contributed by atoms with van der Waals surface area (Å²) in [5.41, 5.74) is 1.15. The van der Waals surface area contributed by atoms with Crippen molar-refractivity contribution in [2.45, 2.75) is 58.3 Å². The molecule has 0 spiro atoms. The molecule has 5 rings (SSSR count). The van der Waals surface area contributed by atoms with Crippen molar-refractivity contribution in [3.63, 3.8) is 0 Å². The maximum absolute atomic E-state index is 14.6. The lowest BCUT2D eigenvalue weighted by molar-refractivity contribution is 0.0183. The fourth-order valence-electron chi connectivity index (χ4n) is 5.05. The van der Waals surface area contributed by atoms with Gasteiger partial charge in [-0.2, -0.15) is 13.5 Å². The molecule has 1 atom stereocenters. The zero-order chi connectivity index (χ0) is 32.7. The van der Waals surface area contributed by atoms with Gasteiger partial charge in [-0.25, -0.2) is 22.8 Å². The number of nitrogens with zero attached hydrogens (tertiary/aromatic N) is 7. The second-order valence-electron chi connectivity index (χ2n) is 11.7. The van der Waals surface area contributed by atoms with Gasteiger partial charge in [-0.15, -0.1) is 5.10 Å². The summed E-state index contributed by atoms with van der Waals surface area (Å²) in [5, 5.41) is 13.3. The summed E-state index contributed by atoms with van der Waals surface area (Å²) in [5.74, 6) is -1.87. The number of ether oxygens (including phenoxy) is 2. The molecule has 1 amide bonds. The first-order chi connectivity index (χ1) is 21.1. The lowest BCUT2D eigenvalue weighted by atomic mass is 10.0. The Morgan fingerprint density at radius 1 is 1.18 bits per heavy atom. The van der Waals surface area contributed by atoms with Gasteiger partial charge in [0.2, 0.25) is 0 Å². The summed E-state index contributed by atoms with van der Waals surface area (Å²) in [6.45, 7) is 7.84. The molecule has 1 fully saturated rings. The molecule has 0 aliphatic carbocycles. The molecular formula is C28H32ClF2N7O6S. The maximum atomic E-state index is 14.6. The van der Waals surface area contributed by atoms with Gasteiger partial charge in [-0.3, -0.25) is 9.17 Å². The first kappa shape index (κ1) is 32.5. The highest BCUT2D eigenvalue weighted by molar-refractivity contribution is 7.86. The number of rotatable bonds is 8. The molecular weight excluding hydrogens is 636 g/mol. The van der Waals surface area contributed by atoms with E-state index in [0.717, 1.165) is 18.1 Å². The third-order valence-electron chi connectivity index (χ3n) is 7.02. The van der Waals surface area contributed by atoms with E-state index < -0.39 is 45.8 Å². The van der Waals surface area contributed by atoms with Crippen LogP contribution in [0.1, 0.15) is 57.1 Å². The summed E-state index contributed by atoms with van der Waals surface area (Å²) >= 11 is 6.39. The van der Waals surface area contributed by atoms with Crippen LogP contribution in [0.25, 0.3) is 16.8 Å². The molecule has 0 saturated carbocycles. The Balaban J connectivity index is 1.40. The van der Waals surface area contributed by atoms with Crippen molar-refractivity contribution >= 4 is 33.3 Å². The van der Waals surface area contributed by atoms with E-state index in [0.29, 0.717) is 48.8 Å². The van der Waals surface area contributed by atoms with Crippen LogP contribution in [-0.2, 0) is 19.0 Å². The number of piperidine rings is 1. The lowest BCUT2D eigenvalue weighted by Gasteiger charge is -2.33. The van der Waals surface area contributed by atoms with Crippen molar-refractivity contribution in [1.29, 1.82) is 0 Å². The number of pyridine rings is 2. The lowest BCUT2D eigenvalue weighted by Crippen LogP contribution is -2.42.